The van der Waals surface area contributed by atoms with Crippen molar-refractivity contribution in [3.05, 3.63) is 42.5 Å². The Balaban J connectivity index is 1.48. The van der Waals surface area contributed by atoms with E-state index in [1.807, 2.05) is 12.1 Å². The number of hydrogen-bond acceptors (Lipinski definition) is 6. The molecule has 2 aliphatic heterocycles. The second-order valence-electron chi connectivity index (χ2n) is 9.03. The van der Waals surface area contributed by atoms with Gasteiger partial charge in [-0.2, -0.15) is 0 Å². The molecule has 0 atom stereocenters. The van der Waals surface area contributed by atoms with E-state index in [1.54, 1.807) is 31.9 Å². The summed E-state index contributed by atoms with van der Waals surface area (Å²) in [7, 11) is -0.312. The Labute approximate surface area is 203 Å². The third kappa shape index (κ3) is 5.57. The Kier molecular flexibility index (Phi) is 8.02. The minimum Gasteiger partial charge on any atom is -0.340 e. The number of anilines is 2. The van der Waals surface area contributed by atoms with Gasteiger partial charge in [0.1, 0.15) is 0 Å². The lowest BCUT2D eigenvalue weighted by Crippen LogP contribution is -2.47. The first-order valence-electron chi connectivity index (χ1n) is 12.0. The quantitative estimate of drug-likeness (QED) is 0.523. The molecule has 2 aromatic carbocycles. The van der Waals surface area contributed by atoms with Crippen LogP contribution in [-0.2, 0) is 10.0 Å². The fourth-order valence-electron chi connectivity index (χ4n) is 4.49. The van der Waals surface area contributed by atoms with Crippen LogP contribution in [0.1, 0.15) is 26.2 Å². The van der Waals surface area contributed by atoms with E-state index in [1.165, 1.54) is 34.3 Å². The van der Waals surface area contributed by atoms with Crippen molar-refractivity contribution in [3.8, 4) is 0 Å². The summed E-state index contributed by atoms with van der Waals surface area (Å²) in [6.07, 6.45) is 3.59. The predicted molar refractivity (Wildman–Crippen MR) is 137 cm³/mol. The molecular formula is C25H36N4O2S2. The van der Waals surface area contributed by atoms with Crippen molar-refractivity contribution in [2.75, 3.05) is 64.8 Å². The zero-order valence-electron chi connectivity index (χ0n) is 20.0. The van der Waals surface area contributed by atoms with Crippen LogP contribution >= 0.6 is 11.8 Å². The van der Waals surface area contributed by atoms with E-state index >= 15 is 0 Å². The van der Waals surface area contributed by atoms with Crippen molar-refractivity contribution >= 4 is 33.2 Å². The predicted octanol–water partition coefficient (Wildman–Crippen LogP) is 4.35. The molecule has 0 aromatic heterocycles. The average molecular weight is 489 g/mol. The summed E-state index contributed by atoms with van der Waals surface area (Å²) in [6.45, 7) is 10.0. The number of fused-ring (bicyclic) bond motifs is 2. The van der Waals surface area contributed by atoms with Crippen LogP contribution in [0.4, 0.5) is 11.4 Å². The molecule has 0 amide bonds. The second kappa shape index (κ2) is 10.8. The van der Waals surface area contributed by atoms with Gasteiger partial charge in [0.25, 0.3) is 0 Å². The van der Waals surface area contributed by atoms with Gasteiger partial charge in [0.05, 0.1) is 16.3 Å². The molecule has 6 nitrogen and oxygen atoms in total. The normalized spacial score (nSPS) is 17.3. The molecule has 0 saturated carbocycles. The molecule has 1 saturated heterocycles. The summed E-state index contributed by atoms with van der Waals surface area (Å²) in [5.74, 6) is 0. The van der Waals surface area contributed by atoms with Crippen molar-refractivity contribution in [1.29, 1.82) is 0 Å². The first kappa shape index (κ1) is 24.5. The van der Waals surface area contributed by atoms with Gasteiger partial charge in [-0.25, -0.2) is 12.7 Å². The van der Waals surface area contributed by atoms with Gasteiger partial charge in [0.15, 0.2) is 0 Å². The average Bonchev–Trinajstić information content (AvgIpc) is 2.82. The van der Waals surface area contributed by atoms with E-state index in [9.17, 15) is 8.42 Å². The summed E-state index contributed by atoms with van der Waals surface area (Å²) < 4.78 is 26.8. The molecule has 0 spiro atoms. The van der Waals surface area contributed by atoms with Crippen LogP contribution in [0.2, 0.25) is 0 Å². The molecule has 4 rings (SSSR count). The highest BCUT2D eigenvalue weighted by molar-refractivity contribution is 7.99. The standard InChI is InChI=1S/C25H36N4O2S2/c1-4-5-13-27-16-18-28(19-17-27)14-8-15-29-22-9-6-7-10-24(22)32-25-12-11-21(20-23(25)29)33(30,31)26(2)3/h6-7,9-12,20H,4-5,8,13-19H2,1-3H3. The van der Waals surface area contributed by atoms with E-state index in [4.69, 9.17) is 0 Å². The number of para-hydroxylation sites is 1. The Morgan fingerprint density at radius 2 is 1.48 bits per heavy atom. The van der Waals surface area contributed by atoms with Crippen molar-refractivity contribution in [3.63, 3.8) is 0 Å². The van der Waals surface area contributed by atoms with E-state index in [2.05, 4.69) is 45.9 Å². The number of sulfonamides is 1. The van der Waals surface area contributed by atoms with Gasteiger partial charge in [-0.3, -0.25) is 0 Å². The molecule has 0 unspecified atom stereocenters. The SMILES string of the molecule is CCCCN1CCN(CCCN2c3ccccc3Sc3ccc(S(=O)(=O)N(C)C)cc32)CC1. The third-order valence-corrected chi connectivity index (χ3v) is 9.47. The molecule has 8 heteroatoms. The molecule has 0 bridgehead atoms. The maximum Gasteiger partial charge on any atom is 0.242 e. The lowest BCUT2D eigenvalue weighted by atomic mass is 10.2. The van der Waals surface area contributed by atoms with Gasteiger partial charge in [-0.15, -0.1) is 0 Å². The summed E-state index contributed by atoms with van der Waals surface area (Å²) in [6, 6.07) is 14.0. The molecule has 2 aromatic rings. The van der Waals surface area contributed by atoms with Gasteiger partial charge >= 0.3 is 0 Å². The molecule has 0 aliphatic carbocycles. The van der Waals surface area contributed by atoms with E-state index in [0.29, 0.717) is 4.90 Å². The van der Waals surface area contributed by atoms with Gasteiger partial charge in [-0.05, 0) is 56.3 Å². The number of hydrogen-bond donors (Lipinski definition) is 0. The van der Waals surface area contributed by atoms with Crippen LogP contribution < -0.4 is 4.90 Å². The van der Waals surface area contributed by atoms with Crippen molar-refractivity contribution < 1.29 is 8.42 Å². The summed E-state index contributed by atoms with van der Waals surface area (Å²) in [4.78, 5) is 10.1. The molecule has 0 N–H and O–H groups in total. The van der Waals surface area contributed by atoms with Crippen molar-refractivity contribution in [2.45, 2.75) is 40.9 Å². The molecule has 2 aliphatic rings. The molecular weight excluding hydrogens is 452 g/mol. The highest BCUT2D eigenvalue weighted by Crippen LogP contribution is 2.48. The number of benzene rings is 2. The fourth-order valence-corrected chi connectivity index (χ4v) is 6.49. The molecule has 0 radical (unpaired) electrons. The maximum absolute atomic E-state index is 12.8. The van der Waals surface area contributed by atoms with Gasteiger partial charge in [0, 0.05) is 56.6 Å². The minimum atomic E-state index is -3.48. The number of piperazine rings is 1. The molecule has 2 heterocycles. The van der Waals surface area contributed by atoms with Gasteiger partial charge in [0.2, 0.25) is 10.0 Å². The zero-order chi connectivity index (χ0) is 23.4. The Morgan fingerprint density at radius 3 is 2.15 bits per heavy atom. The summed E-state index contributed by atoms with van der Waals surface area (Å²) in [5, 5.41) is 0. The zero-order valence-corrected chi connectivity index (χ0v) is 21.7. The topological polar surface area (TPSA) is 47.1 Å². The van der Waals surface area contributed by atoms with Crippen molar-refractivity contribution in [2.24, 2.45) is 0 Å². The number of rotatable bonds is 9. The van der Waals surface area contributed by atoms with Gasteiger partial charge in [-0.1, -0.05) is 37.2 Å². The third-order valence-electron chi connectivity index (χ3n) is 6.52. The lowest BCUT2D eigenvalue weighted by Gasteiger charge is -2.36. The number of unbranched alkanes of at least 4 members (excludes halogenated alkanes) is 1. The van der Waals surface area contributed by atoms with Crippen LogP contribution in [0.5, 0.6) is 0 Å². The molecule has 33 heavy (non-hydrogen) atoms. The molecule has 180 valence electrons. The first-order chi connectivity index (χ1) is 15.9. The summed E-state index contributed by atoms with van der Waals surface area (Å²) in [5.41, 5.74) is 2.16. The smallest absolute Gasteiger partial charge is 0.242 e. The highest BCUT2D eigenvalue weighted by Gasteiger charge is 2.26. The Morgan fingerprint density at radius 1 is 0.848 bits per heavy atom. The van der Waals surface area contributed by atoms with E-state index < -0.39 is 10.0 Å². The van der Waals surface area contributed by atoms with E-state index in [0.717, 1.165) is 56.3 Å². The van der Waals surface area contributed by atoms with Crippen LogP contribution in [0, 0.1) is 0 Å². The largest absolute Gasteiger partial charge is 0.340 e. The van der Waals surface area contributed by atoms with Crippen LogP contribution in [0.15, 0.2) is 57.2 Å². The maximum atomic E-state index is 12.8. The fraction of sp³-hybridized carbons (Fsp3) is 0.520. The Bertz CT molecular complexity index is 1050. The minimum absolute atomic E-state index is 0.347. The van der Waals surface area contributed by atoms with Gasteiger partial charge < -0.3 is 14.7 Å². The number of nitrogens with zero attached hydrogens (tertiary/aromatic N) is 4. The van der Waals surface area contributed by atoms with Crippen LogP contribution in [0.25, 0.3) is 0 Å². The molecule has 1 fully saturated rings. The van der Waals surface area contributed by atoms with Crippen LogP contribution in [-0.4, -0.2) is 82.4 Å². The first-order valence-corrected chi connectivity index (χ1v) is 14.2. The Hall–Kier alpha value is -1.58. The second-order valence-corrected chi connectivity index (χ2v) is 12.3. The van der Waals surface area contributed by atoms with Crippen LogP contribution in [0.3, 0.4) is 0 Å². The van der Waals surface area contributed by atoms with E-state index in [-0.39, 0.29) is 0 Å². The highest BCUT2D eigenvalue weighted by atomic mass is 32.2. The monoisotopic (exact) mass is 488 g/mol. The summed E-state index contributed by atoms with van der Waals surface area (Å²) >= 11 is 1.72. The van der Waals surface area contributed by atoms with Crippen molar-refractivity contribution in [1.82, 2.24) is 14.1 Å². The lowest BCUT2D eigenvalue weighted by molar-refractivity contribution is 0.131.